The Morgan fingerprint density at radius 3 is 2.63 bits per heavy atom. The maximum absolute atomic E-state index is 6.29. The monoisotopic (exact) mass is 477 g/mol. The van der Waals surface area contributed by atoms with E-state index in [1.165, 1.54) is 5.69 Å². The average Bonchev–Trinajstić information content (AvgIpc) is 3.50. The van der Waals surface area contributed by atoms with E-state index in [1.54, 1.807) is 13.4 Å². The molecule has 4 heterocycles. The number of anilines is 3. The molecule has 0 aliphatic carbocycles. The van der Waals surface area contributed by atoms with Gasteiger partial charge >= 0.3 is 0 Å². The maximum Gasteiger partial charge on any atom is 0.164 e. The van der Waals surface area contributed by atoms with E-state index in [0.717, 1.165) is 55.0 Å². The van der Waals surface area contributed by atoms with Gasteiger partial charge in [0, 0.05) is 55.6 Å². The highest BCUT2D eigenvalue weighted by molar-refractivity contribution is 5.93. The molecular formula is C26H31N5O4. The van der Waals surface area contributed by atoms with E-state index in [-0.39, 0.29) is 18.3 Å². The highest BCUT2D eigenvalue weighted by Crippen LogP contribution is 2.38. The van der Waals surface area contributed by atoms with Gasteiger partial charge in [-0.15, -0.1) is 0 Å². The number of methoxy groups -OCH3 is 1. The lowest BCUT2D eigenvalue weighted by molar-refractivity contribution is 0.0298. The minimum absolute atomic E-state index is 0.0353. The van der Waals surface area contributed by atoms with Crippen molar-refractivity contribution in [1.29, 1.82) is 0 Å². The summed E-state index contributed by atoms with van der Waals surface area (Å²) in [5.41, 5.74) is 2.98. The molecule has 1 N–H and O–H groups in total. The van der Waals surface area contributed by atoms with E-state index in [0.29, 0.717) is 24.7 Å². The van der Waals surface area contributed by atoms with Gasteiger partial charge in [-0.3, -0.25) is 0 Å². The van der Waals surface area contributed by atoms with Crippen LogP contribution in [0.15, 0.2) is 42.7 Å². The molecule has 0 radical (unpaired) electrons. The average molecular weight is 478 g/mol. The zero-order chi connectivity index (χ0) is 23.8. The number of hydrogen-bond donors (Lipinski definition) is 1. The molecule has 184 valence electrons. The van der Waals surface area contributed by atoms with E-state index in [1.807, 2.05) is 12.1 Å². The van der Waals surface area contributed by atoms with Crippen molar-refractivity contribution < 1.29 is 18.9 Å². The number of nitrogens with one attached hydrogen (secondary N) is 1. The largest absolute Gasteiger partial charge is 0.493 e. The van der Waals surface area contributed by atoms with Crippen molar-refractivity contribution in [3.63, 3.8) is 0 Å². The normalized spacial score (nSPS) is 24.5. The summed E-state index contributed by atoms with van der Waals surface area (Å²) in [6.45, 7) is 5.49. The maximum atomic E-state index is 6.29. The van der Waals surface area contributed by atoms with Crippen LogP contribution in [0.2, 0.25) is 0 Å². The van der Waals surface area contributed by atoms with Gasteiger partial charge in [0.25, 0.3) is 0 Å². The van der Waals surface area contributed by atoms with Crippen molar-refractivity contribution in [2.75, 3.05) is 63.8 Å². The quantitative estimate of drug-likeness (QED) is 0.576. The van der Waals surface area contributed by atoms with Crippen molar-refractivity contribution in [2.45, 2.75) is 24.7 Å². The lowest BCUT2D eigenvalue weighted by Crippen LogP contribution is -2.44. The van der Waals surface area contributed by atoms with Crippen LogP contribution in [0.3, 0.4) is 0 Å². The lowest BCUT2D eigenvalue weighted by atomic mass is 10.1. The predicted octanol–water partition coefficient (Wildman–Crippen LogP) is 3.07. The van der Waals surface area contributed by atoms with Crippen LogP contribution in [0.5, 0.6) is 11.5 Å². The number of rotatable bonds is 6. The van der Waals surface area contributed by atoms with Gasteiger partial charge in [0.15, 0.2) is 17.6 Å². The lowest BCUT2D eigenvalue weighted by Gasteiger charge is -2.34. The van der Waals surface area contributed by atoms with E-state index >= 15 is 0 Å². The standard InChI is InChI=1S/C26H31N5O4/c1-30-8-10-31(11-9-30)18-5-3-17(4-6-18)29-26-19-13-22(32-2)23(14-20(19)27-16-28-26)35-24-15-34-21-7-12-33-25(21)24/h3-6,13-14,16,21,24-25H,7-12,15H2,1-2H3,(H,27,28,29)/t21?,24-,25?/m1/s1. The molecule has 2 unspecified atom stereocenters. The summed E-state index contributed by atoms with van der Waals surface area (Å²) in [5, 5.41) is 4.30. The molecule has 3 saturated heterocycles. The number of nitrogens with zero attached hydrogens (tertiary/aromatic N) is 4. The molecule has 3 aliphatic rings. The number of fused-ring (bicyclic) bond motifs is 2. The zero-order valence-electron chi connectivity index (χ0n) is 20.1. The van der Waals surface area contributed by atoms with Gasteiger partial charge in [0.2, 0.25) is 0 Å². The van der Waals surface area contributed by atoms with Gasteiger partial charge in [0.1, 0.15) is 18.2 Å². The highest BCUT2D eigenvalue weighted by Gasteiger charge is 2.43. The smallest absolute Gasteiger partial charge is 0.164 e. The summed E-state index contributed by atoms with van der Waals surface area (Å²) < 4.78 is 23.6. The molecule has 9 nitrogen and oxygen atoms in total. The molecule has 6 rings (SSSR count). The third-order valence-corrected chi connectivity index (χ3v) is 7.12. The topological polar surface area (TPSA) is 81.2 Å². The fourth-order valence-corrected chi connectivity index (χ4v) is 5.07. The Bertz CT molecular complexity index is 1180. The van der Waals surface area contributed by atoms with Crippen LogP contribution >= 0.6 is 0 Å². The van der Waals surface area contributed by atoms with Crippen molar-refractivity contribution in [3.8, 4) is 11.5 Å². The van der Waals surface area contributed by atoms with Crippen LogP contribution in [-0.2, 0) is 9.47 Å². The molecule has 3 aromatic rings. The highest BCUT2D eigenvalue weighted by atomic mass is 16.6. The van der Waals surface area contributed by atoms with Gasteiger partial charge in [-0.05, 0) is 43.8 Å². The molecule has 0 amide bonds. The van der Waals surface area contributed by atoms with E-state index in [2.05, 4.69) is 56.4 Å². The van der Waals surface area contributed by atoms with Crippen LogP contribution in [0.1, 0.15) is 6.42 Å². The molecule has 1 aromatic heterocycles. The first kappa shape index (κ1) is 22.3. The van der Waals surface area contributed by atoms with Crippen LogP contribution in [0.4, 0.5) is 17.2 Å². The predicted molar refractivity (Wildman–Crippen MR) is 134 cm³/mol. The molecule has 9 heteroatoms. The van der Waals surface area contributed by atoms with Crippen molar-refractivity contribution in [2.24, 2.45) is 0 Å². The van der Waals surface area contributed by atoms with Crippen molar-refractivity contribution in [1.82, 2.24) is 14.9 Å². The Kier molecular flexibility index (Phi) is 6.05. The van der Waals surface area contributed by atoms with Crippen LogP contribution in [0, 0.1) is 0 Å². The first-order valence-corrected chi connectivity index (χ1v) is 12.2. The molecule has 0 bridgehead atoms. The zero-order valence-corrected chi connectivity index (χ0v) is 20.1. The molecule has 2 aromatic carbocycles. The van der Waals surface area contributed by atoms with Crippen LogP contribution in [0.25, 0.3) is 10.9 Å². The Balaban J connectivity index is 1.22. The van der Waals surface area contributed by atoms with Gasteiger partial charge in [-0.2, -0.15) is 0 Å². The number of benzene rings is 2. The Labute approximate surface area is 204 Å². The Morgan fingerprint density at radius 2 is 1.83 bits per heavy atom. The van der Waals surface area contributed by atoms with Crippen LogP contribution < -0.4 is 19.7 Å². The van der Waals surface area contributed by atoms with Crippen molar-refractivity contribution >= 4 is 28.1 Å². The molecule has 3 atom stereocenters. The second kappa shape index (κ2) is 9.49. The summed E-state index contributed by atoms with van der Waals surface area (Å²) in [7, 11) is 3.81. The minimum Gasteiger partial charge on any atom is -0.493 e. The molecule has 3 fully saturated rings. The SMILES string of the molecule is COc1cc2c(Nc3ccc(N4CCN(C)CC4)cc3)ncnc2cc1O[C@@H]1COC2CCOC21. The molecule has 0 saturated carbocycles. The Hall–Kier alpha value is -3.14. The molecule has 3 aliphatic heterocycles. The summed E-state index contributed by atoms with van der Waals surface area (Å²) in [6.07, 6.45) is 2.40. The number of hydrogen-bond acceptors (Lipinski definition) is 9. The first-order valence-electron chi connectivity index (χ1n) is 12.2. The fourth-order valence-electron chi connectivity index (χ4n) is 5.07. The number of piperazine rings is 1. The minimum atomic E-state index is -0.160. The van der Waals surface area contributed by atoms with E-state index in [9.17, 15) is 0 Å². The molecular weight excluding hydrogens is 446 g/mol. The van der Waals surface area contributed by atoms with Gasteiger partial charge in [-0.1, -0.05) is 0 Å². The second-order valence-electron chi connectivity index (χ2n) is 9.36. The summed E-state index contributed by atoms with van der Waals surface area (Å²) in [5.74, 6) is 1.98. The molecule has 0 spiro atoms. The second-order valence-corrected chi connectivity index (χ2v) is 9.36. The fraction of sp³-hybridized carbons (Fsp3) is 0.462. The third-order valence-electron chi connectivity index (χ3n) is 7.12. The van der Waals surface area contributed by atoms with Gasteiger partial charge in [-0.25, -0.2) is 9.97 Å². The van der Waals surface area contributed by atoms with Gasteiger partial charge in [0.05, 0.1) is 25.3 Å². The van der Waals surface area contributed by atoms with Gasteiger partial charge < -0.3 is 34.1 Å². The van der Waals surface area contributed by atoms with Crippen LogP contribution in [-0.4, -0.2) is 86.7 Å². The van der Waals surface area contributed by atoms with Crippen molar-refractivity contribution in [3.05, 3.63) is 42.7 Å². The third kappa shape index (κ3) is 4.47. The summed E-state index contributed by atoms with van der Waals surface area (Å²) in [6, 6.07) is 12.3. The number of likely N-dealkylation sites (N-methyl/N-ethyl adjacent to an activating group) is 1. The summed E-state index contributed by atoms with van der Waals surface area (Å²) in [4.78, 5) is 13.8. The number of aromatic nitrogens is 2. The molecule has 35 heavy (non-hydrogen) atoms. The van der Waals surface area contributed by atoms with E-state index in [4.69, 9.17) is 18.9 Å². The first-order chi connectivity index (χ1) is 17.2. The summed E-state index contributed by atoms with van der Waals surface area (Å²) >= 11 is 0. The Morgan fingerprint density at radius 1 is 1.00 bits per heavy atom. The number of ether oxygens (including phenoxy) is 4. The van der Waals surface area contributed by atoms with E-state index < -0.39 is 0 Å².